The third-order valence-corrected chi connectivity index (χ3v) is 4.43. The van der Waals surface area contributed by atoms with E-state index in [4.69, 9.17) is 16.3 Å². The second-order valence-corrected chi connectivity index (χ2v) is 7.40. The summed E-state index contributed by atoms with van der Waals surface area (Å²) >= 11 is 5.86. The number of nitrogens with zero attached hydrogens (tertiary/aromatic N) is 2. The van der Waals surface area contributed by atoms with Crippen molar-refractivity contribution in [1.29, 1.82) is 0 Å². The number of halogens is 1. The van der Waals surface area contributed by atoms with Gasteiger partial charge in [-0.1, -0.05) is 31.5 Å². The van der Waals surface area contributed by atoms with Gasteiger partial charge in [0.1, 0.15) is 18.3 Å². The molecule has 0 saturated heterocycles. The third kappa shape index (κ3) is 5.10. The molecule has 0 unspecified atom stereocenters. The molecular formula is C21H22ClN3O3. The van der Waals surface area contributed by atoms with Crippen LogP contribution < -0.4 is 5.32 Å². The number of nitrogens with one attached hydrogen (secondary N) is 1. The Hall–Kier alpha value is -2.86. The average molecular weight is 400 g/mol. The smallest absolute Gasteiger partial charge is 0.329 e. The minimum Gasteiger partial charge on any atom is -0.458 e. The van der Waals surface area contributed by atoms with Crippen molar-refractivity contribution >= 4 is 29.1 Å². The van der Waals surface area contributed by atoms with Crippen LogP contribution in [0.25, 0.3) is 5.65 Å². The summed E-state index contributed by atoms with van der Waals surface area (Å²) in [6, 6.07) is 11.4. The fourth-order valence-electron chi connectivity index (χ4n) is 2.83. The van der Waals surface area contributed by atoms with Gasteiger partial charge in [-0.3, -0.25) is 4.79 Å². The maximum absolute atomic E-state index is 12.6. The number of benzene rings is 1. The summed E-state index contributed by atoms with van der Waals surface area (Å²) in [5, 5.41) is 3.31. The van der Waals surface area contributed by atoms with E-state index < -0.39 is 12.0 Å². The number of fused-ring (bicyclic) bond motifs is 1. The Kier molecular flexibility index (Phi) is 6.31. The zero-order valence-corrected chi connectivity index (χ0v) is 16.5. The first-order chi connectivity index (χ1) is 13.4. The van der Waals surface area contributed by atoms with Crippen LogP contribution >= 0.6 is 11.6 Å². The van der Waals surface area contributed by atoms with E-state index >= 15 is 0 Å². The molecular weight excluding hydrogens is 378 g/mol. The summed E-state index contributed by atoms with van der Waals surface area (Å²) in [4.78, 5) is 29.5. The lowest BCUT2D eigenvalue weighted by Crippen LogP contribution is -2.42. The fraction of sp³-hybridized carbons (Fsp3) is 0.286. The van der Waals surface area contributed by atoms with Crippen LogP contribution in [-0.2, 0) is 16.1 Å². The van der Waals surface area contributed by atoms with Crippen LogP contribution in [0.4, 0.5) is 0 Å². The molecule has 1 atom stereocenters. The Morgan fingerprint density at radius 2 is 1.93 bits per heavy atom. The number of rotatable bonds is 7. The first-order valence-electron chi connectivity index (χ1n) is 9.08. The van der Waals surface area contributed by atoms with Crippen molar-refractivity contribution in [2.24, 2.45) is 5.92 Å². The van der Waals surface area contributed by atoms with Gasteiger partial charge in [-0.25, -0.2) is 9.78 Å². The average Bonchev–Trinajstić information content (AvgIpc) is 3.08. The van der Waals surface area contributed by atoms with Gasteiger partial charge in [0.2, 0.25) is 0 Å². The van der Waals surface area contributed by atoms with Crippen molar-refractivity contribution in [2.45, 2.75) is 32.9 Å². The Bertz CT molecular complexity index is 933. The predicted molar refractivity (Wildman–Crippen MR) is 107 cm³/mol. The molecule has 0 radical (unpaired) electrons. The van der Waals surface area contributed by atoms with E-state index in [2.05, 4.69) is 10.3 Å². The Balaban J connectivity index is 1.65. The first kappa shape index (κ1) is 19.9. The molecule has 3 aromatic rings. The van der Waals surface area contributed by atoms with Crippen LogP contribution in [0.15, 0.2) is 54.9 Å². The highest BCUT2D eigenvalue weighted by Gasteiger charge is 2.24. The van der Waals surface area contributed by atoms with Crippen molar-refractivity contribution in [2.75, 3.05) is 0 Å². The number of ether oxygens (including phenoxy) is 1. The second kappa shape index (κ2) is 8.89. The van der Waals surface area contributed by atoms with Gasteiger partial charge in [-0.2, -0.15) is 0 Å². The monoisotopic (exact) mass is 399 g/mol. The highest BCUT2D eigenvalue weighted by Crippen LogP contribution is 2.13. The van der Waals surface area contributed by atoms with Crippen LogP contribution in [0.3, 0.4) is 0 Å². The van der Waals surface area contributed by atoms with Gasteiger partial charge in [-0.05, 0) is 48.7 Å². The molecule has 6 nitrogen and oxygen atoms in total. The van der Waals surface area contributed by atoms with Crippen LogP contribution in [0.2, 0.25) is 5.02 Å². The standard InChI is InChI=1S/C21H22ClN3O3/c1-14(2)11-18(24-20(26)15-6-8-16(22)9-7-15)21(27)28-13-17-12-25-10-4-3-5-19(25)23-17/h3-10,12,14,18H,11,13H2,1-2H3,(H,24,26)/t18-/m1/s1. The van der Waals surface area contributed by atoms with Gasteiger partial charge >= 0.3 is 5.97 Å². The topological polar surface area (TPSA) is 72.7 Å². The van der Waals surface area contributed by atoms with Crippen LogP contribution in [-0.4, -0.2) is 27.3 Å². The number of esters is 1. The third-order valence-electron chi connectivity index (χ3n) is 4.18. The van der Waals surface area contributed by atoms with Gasteiger partial charge in [0.15, 0.2) is 0 Å². The normalized spacial score (nSPS) is 12.1. The number of aromatic nitrogens is 2. The summed E-state index contributed by atoms with van der Waals surface area (Å²) in [7, 11) is 0. The maximum Gasteiger partial charge on any atom is 0.329 e. The first-order valence-corrected chi connectivity index (χ1v) is 9.46. The largest absolute Gasteiger partial charge is 0.458 e. The van der Waals surface area contributed by atoms with E-state index in [-0.39, 0.29) is 18.4 Å². The van der Waals surface area contributed by atoms with Crippen LogP contribution in [0.5, 0.6) is 0 Å². The minimum atomic E-state index is -0.736. The van der Waals surface area contributed by atoms with Crippen molar-refractivity contribution in [3.05, 3.63) is 71.1 Å². The molecule has 0 saturated carbocycles. The summed E-state index contributed by atoms with van der Waals surface area (Å²) in [5.74, 6) is -0.613. The Morgan fingerprint density at radius 3 is 2.61 bits per heavy atom. The SMILES string of the molecule is CC(C)C[C@@H](NC(=O)c1ccc(Cl)cc1)C(=O)OCc1cn2ccccc2n1. The van der Waals surface area contributed by atoms with Crippen molar-refractivity contribution in [3.8, 4) is 0 Å². The van der Waals surface area contributed by atoms with E-state index in [1.54, 1.807) is 24.3 Å². The summed E-state index contributed by atoms with van der Waals surface area (Å²) in [6.45, 7) is 4.01. The van der Waals surface area contributed by atoms with Gasteiger partial charge in [-0.15, -0.1) is 0 Å². The maximum atomic E-state index is 12.6. The van der Waals surface area contributed by atoms with Crippen molar-refractivity contribution < 1.29 is 14.3 Å². The van der Waals surface area contributed by atoms with E-state index in [0.29, 0.717) is 22.7 Å². The van der Waals surface area contributed by atoms with E-state index in [0.717, 1.165) is 5.65 Å². The van der Waals surface area contributed by atoms with Gasteiger partial charge in [0.25, 0.3) is 5.91 Å². The quantitative estimate of drug-likeness (QED) is 0.612. The molecule has 0 aliphatic carbocycles. The predicted octanol–water partition coefficient (Wildman–Crippen LogP) is 3.88. The molecule has 0 bridgehead atoms. The Morgan fingerprint density at radius 1 is 1.18 bits per heavy atom. The van der Waals surface area contributed by atoms with E-state index in [1.807, 2.05) is 48.8 Å². The molecule has 3 rings (SSSR count). The molecule has 0 aliphatic heterocycles. The number of pyridine rings is 1. The van der Waals surface area contributed by atoms with E-state index in [1.165, 1.54) is 0 Å². The molecule has 0 spiro atoms. The molecule has 2 aromatic heterocycles. The summed E-state index contributed by atoms with van der Waals surface area (Å²) < 4.78 is 7.28. The van der Waals surface area contributed by atoms with Gasteiger partial charge in [0.05, 0.1) is 5.69 Å². The number of hydrogen-bond acceptors (Lipinski definition) is 4. The van der Waals surface area contributed by atoms with Crippen molar-refractivity contribution in [1.82, 2.24) is 14.7 Å². The molecule has 1 N–H and O–H groups in total. The molecule has 2 heterocycles. The zero-order chi connectivity index (χ0) is 20.1. The van der Waals surface area contributed by atoms with Gasteiger partial charge in [0, 0.05) is 23.0 Å². The minimum absolute atomic E-state index is 0.0475. The van der Waals surface area contributed by atoms with E-state index in [9.17, 15) is 9.59 Å². The molecule has 1 aromatic carbocycles. The molecule has 0 fully saturated rings. The lowest BCUT2D eigenvalue weighted by molar-refractivity contribution is -0.147. The van der Waals surface area contributed by atoms with Crippen LogP contribution in [0.1, 0.15) is 36.3 Å². The second-order valence-electron chi connectivity index (χ2n) is 6.97. The molecule has 7 heteroatoms. The lowest BCUT2D eigenvalue weighted by Gasteiger charge is -2.19. The summed E-state index contributed by atoms with van der Waals surface area (Å²) in [6.07, 6.45) is 4.16. The van der Waals surface area contributed by atoms with Crippen LogP contribution in [0, 0.1) is 5.92 Å². The fourth-order valence-corrected chi connectivity index (χ4v) is 2.96. The highest BCUT2D eigenvalue weighted by atomic mass is 35.5. The number of carbonyl (C=O) groups excluding carboxylic acids is 2. The number of amides is 1. The number of carbonyl (C=O) groups is 2. The van der Waals surface area contributed by atoms with Crippen molar-refractivity contribution in [3.63, 3.8) is 0 Å². The lowest BCUT2D eigenvalue weighted by atomic mass is 10.0. The Labute approximate surface area is 168 Å². The highest BCUT2D eigenvalue weighted by molar-refractivity contribution is 6.30. The molecule has 28 heavy (non-hydrogen) atoms. The van der Waals surface area contributed by atoms with Gasteiger partial charge < -0.3 is 14.5 Å². The number of imidazole rings is 1. The molecule has 1 amide bonds. The number of hydrogen-bond donors (Lipinski definition) is 1. The molecule has 0 aliphatic rings. The summed E-state index contributed by atoms with van der Waals surface area (Å²) in [5.41, 5.74) is 1.86. The zero-order valence-electron chi connectivity index (χ0n) is 15.8. The molecule has 146 valence electrons.